The van der Waals surface area contributed by atoms with Crippen molar-refractivity contribution in [1.29, 1.82) is 0 Å². The van der Waals surface area contributed by atoms with E-state index in [1.54, 1.807) is 18.7 Å². The van der Waals surface area contributed by atoms with Gasteiger partial charge in [0.2, 0.25) is 0 Å². The molecule has 0 aromatic carbocycles. The molecule has 0 radical (unpaired) electrons. The van der Waals surface area contributed by atoms with Crippen molar-refractivity contribution in [2.45, 2.75) is 0 Å². The Kier molecular flexibility index (Phi) is 5.51. The van der Waals surface area contributed by atoms with E-state index in [-0.39, 0.29) is 0 Å². The Bertz CT molecular complexity index is 127. The highest BCUT2D eigenvalue weighted by Crippen LogP contribution is 1.62. The summed E-state index contributed by atoms with van der Waals surface area (Å²) >= 11 is -1.42. The Morgan fingerprint density at radius 1 is 1.50 bits per heavy atom. The van der Waals surface area contributed by atoms with Crippen LogP contribution in [0.3, 0.4) is 0 Å². The molecule has 8 heavy (non-hydrogen) atoms. The summed E-state index contributed by atoms with van der Waals surface area (Å²) in [6.45, 7) is 0. The number of nitrogens with zero attached hydrogens (tertiary/aromatic N) is 1. The summed E-state index contributed by atoms with van der Waals surface area (Å²) in [5.74, 6) is 0. The number of H-pyrrole nitrogens is 1. The molecule has 0 bridgehead atoms. The quantitative estimate of drug-likeness (QED) is 0.505. The SMILES string of the molecule is O=[SH2]=O.c1c[nH]cn1. The van der Waals surface area contributed by atoms with Crippen molar-refractivity contribution in [3.05, 3.63) is 18.7 Å². The maximum Gasteiger partial charge on any atom is 0.129 e. The van der Waals surface area contributed by atoms with E-state index in [0.29, 0.717) is 0 Å². The highest BCUT2D eigenvalue weighted by molar-refractivity contribution is 7.51. The summed E-state index contributed by atoms with van der Waals surface area (Å²) in [7, 11) is 0. The summed E-state index contributed by atoms with van der Waals surface area (Å²) in [6, 6.07) is 0. The van der Waals surface area contributed by atoms with E-state index in [4.69, 9.17) is 8.42 Å². The zero-order chi connectivity index (χ0) is 6.24. The van der Waals surface area contributed by atoms with Crippen LogP contribution >= 0.6 is 0 Å². The van der Waals surface area contributed by atoms with E-state index in [1.165, 1.54) is 0 Å². The second-order valence-corrected chi connectivity index (χ2v) is 1.01. The van der Waals surface area contributed by atoms with Crippen LogP contribution in [0.25, 0.3) is 0 Å². The number of imidazole rings is 1. The zero-order valence-electron chi connectivity index (χ0n) is 4.00. The Hall–Kier alpha value is -0.840. The molecule has 46 valence electrons. The van der Waals surface area contributed by atoms with Crippen molar-refractivity contribution in [2.24, 2.45) is 0 Å². The molecule has 0 aliphatic rings. The first-order valence-electron chi connectivity index (χ1n) is 1.84. The van der Waals surface area contributed by atoms with Crippen LogP contribution in [0, 0.1) is 0 Å². The van der Waals surface area contributed by atoms with Crippen molar-refractivity contribution in [3.63, 3.8) is 0 Å². The van der Waals surface area contributed by atoms with E-state index in [9.17, 15) is 0 Å². The molecule has 0 unspecified atom stereocenters. The van der Waals surface area contributed by atoms with Gasteiger partial charge in [0, 0.05) is 12.4 Å². The zero-order valence-corrected chi connectivity index (χ0v) is 5.00. The monoisotopic (exact) mass is 134 g/mol. The molecule has 0 saturated heterocycles. The van der Waals surface area contributed by atoms with Crippen LogP contribution in [0.1, 0.15) is 0 Å². The predicted octanol–water partition coefficient (Wildman–Crippen LogP) is -0.796. The Morgan fingerprint density at radius 2 is 2.12 bits per heavy atom. The average molecular weight is 134 g/mol. The van der Waals surface area contributed by atoms with Gasteiger partial charge >= 0.3 is 0 Å². The van der Waals surface area contributed by atoms with E-state index in [0.717, 1.165) is 0 Å². The summed E-state index contributed by atoms with van der Waals surface area (Å²) < 4.78 is 16.8. The highest BCUT2D eigenvalue weighted by Gasteiger charge is 1.56. The van der Waals surface area contributed by atoms with E-state index in [2.05, 4.69) is 9.97 Å². The number of aromatic nitrogens is 2. The standard InChI is InChI=1S/C3H4N2.H2O2S/c1-2-5-3-4-1;1-3-2/h1-3H,(H,4,5);3H2. The third-order valence-electron chi connectivity index (χ3n) is 0.406. The van der Waals surface area contributed by atoms with Crippen molar-refractivity contribution in [2.75, 3.05) is 0 Å². The minimum Gasteiger partial charge on any atom is -0.351 e. The maximum absolute atomic E-state index is 8.40. The number of rotatable bonds is 0. The molecule has 0 saturated carbocycles. The third kappa shape index (κ3) is 5.16. The molecule has 1 aromatic heterocycles. The summed E-state index contributed by atoms with van der Waals surface area (Å²) in [4.78, 5) is 6.42. The van der Waals surface area contributed by atoms with Gasteiger partial charge in [-0.25, -0.2) is 13.4 Å². The summed E-state index contributed by atoms with van der Waals surface area (Å²) in [5.41, 5.74) is 0. The fourth-order valence-corrected chi connectivity index (χ4v) is 0.215. The maximum atomic E-state index is 8.40. The number of hydrogen-bond donors (Lipinski definition) is 1. The van der Waals surface area contributed by atoms with Crippen molar-refractivity contribution in [1.82, 2.24) is 9.97 Å². The van der Waals surface area contributed by atoms with Crippen LogP contribution in [-0.4, -0.2) is 18.4 Å². The van der Waals surface area contributed by atoms with Crippen LogP contribution < -0.4 is 0 Å². The lowest BCUT2D eigenvalue weighted by Gasteiger charge is -1.46. The minimum absolute atomic E-state index is 1.42. The Balaban J connectivity index is 0.000000145. The molecule has 4 nitrogen and oxygen atoms in total. The first-order chi connectivity index (χ1) is 3.91. The predicted molar refractivity (Wildman–Crippen MR) is 30.3 cm³/mol. The van der Waals surface area contributed by atoms with Gasteiger partial charge in [0.25, 0.3) is 0 Å². The van der Waals surface area contributed by atoms with Gasteiger partial charge in [-0.15, -0.1) is 0 Å². The van der Waals surface area contributed by atoms with Crippen LogP contribution in [-0.2, 0) is 11.6 Å². The molecule has 1 aromatic rings. The molecule has 1 heterocycles. The van der Waals surface area contributed by atoms with Gasteiger partial charge in [0.05, 0.1) is 6.33 Å². The van der Waals surface area contributed by atoms with Gasteiger partial charge in [-0.2, -0.15) is 0 Å². The first-order valence-corrected chi connectivity index (χ1v) is 2.65. The molecule has 0 aliphatic heterocycles. The van der Waals surface area contributed by atoms with Gasteiger partial charge < -0.3 is 4.98 Å². The number of aromatic amines is 1. The summed E-state index contributed by atoms with van der Waals surface area (Å²) in [6.07, 6.45) is 5.08. The van der Waals surface area contributed by atoms with Crippen molar-refractivity contribution >= 4 is 11.6 Å². The second kappa shape index (κ2) is 6.16. The van der Waals surface area contributed by atoms with Gasteiger partial charge in [-0.1, -0.05) is 0 Å². The van der Waals surface area contributed by atoms with Crippen molar-refractivity contribution < 1.29 is 8.42 Å². The molecular weight excluding hydrogens is 128 g/mol. The molecule has 5 heteroatoms. The molecule has 0 atom stereocenters. The second-order valence-electron chi connectivity index (χ2n) is 0.844. The van der Waals surface area contributed by atoms with Crippen molar-refractivity contribution in [3.8, 4) is 0 Å². The fourth-order valence-electron chi connectivity index (χ4n) is 0.215. The van der Waals surface area contributed by atoms with Gasteiger partial charge in [0.1, 0.15) is 11.6 Å². The van der Waals surface area contributed by atoms with E-state index in [1.807, 2.05) is 0 Å². The topological polar surface area (TPSA) is 62.8 Å². The smallest absolute Gasteiger partial charge is 0.129 e. The third-order valence-corrected chi connectivity index (χ3v) is 0.406. The number of hydrogen-bond acceptors (Lipinski definition) is 3. The number of nitrogens with one attached hydrogen (secondary N) is 1. The molecule has 0 amide bonds. The molecule has 1 N–H and O–H groups in total. The molecular formula is C3H6N2O2S. The van der Waals surface area contributed by atoms with Gasteiger partial charge in [0.15, 0.2) is 0 Å². The lowest BCUT2D eigenvalue weighted by atomic mass is 11.0. The lowest BCUT2D eigenvalue weighted by molar-refractivity contribution is 0.630. The van der Waals surface area contributed by atoms with Gasteiger partial charge in [-0.3, -0.25) is 0 Å². The molecule has 0 aliphatic carbocycles. The molecule has 1 rings (SSSR count). The Labute approximate surface area is 49.6 Å². The van der Waals surface area contributed by atoms with Gasteiger partial charge in [-0.05, 0) is 0 Å². The normalized spacial score (nSPS) is 7.00. The molecule has 0 fully saturated rings. The van der Waals surface area contributed by atoms with Crippen LogP contribution in [0.2, 0.25) is 0 Å². The first kappa shape index (κ1) is 7.16. The van der Waals surface area contributed by atoms with Crippen LogP contribution in [0.4, 0.5) is 0 Å². The van der Waals surface area contributed by atoms with E-state index >= 15 is 0 Å². The minimum atomic E-state index is -1.42. The van der Waals surface area contributed by atoms with Crippen LogP contribution in [0.5, 0.6) is 0 Å². The largest absolute Gasteiger partial charge is 0.351 e. The average Bonchev–Trinajstić information content (AvgIpc) is 2.17. The Morgan fingerprint density at radius 3 is 2.25 bits per heavy atom. The fraction of sp³-hybridized carbons (Fsp3) is 0. The highest BCUT2D eigenvalue weighted by atomic mass is 32.1. The van der Waals surface area contributed by atoms with E-state index < -0.39 is 11.6 Å². The lowest BCUT2D eigenvalue weighted by Crippen LogP contribution is -1.44. The molecule has 0 spiro atoms. The van der Waals surface area contributed by atoms with Crippen LogP contribution in [0.15, 0.2) is 18.7 Å². The summed E-state index contributed by atoms with van der Waals surface area (Å²) in [5, 5.41) is 0.